The number of phenols is 2. The van der Waals surface area contributed by atoms with E-state index in [1.807, 2.05) is 0 Å². The van der Waals surface area contributed by atoms with Crippen molar-refractivity contribution >= 4 is 40.3 Å². The minimum Gasteiger partial charge on any atom is -0.507 e. The predicted octanol–water partition coefficient (Wildman–Crippen LogP) is 4.29. The molecule has 1 saturated heterocycles. The first-order valence-electron chi connectivity index (χ1n) is 15.8. The van der Waals surface area contributed by atoms with Gasteiger partial charge in [0.25, 0.3) is 0 Å². The van der Waals surface area contributed by atoms with Crippen LogP contribution in [0.15, 0.2) is 52.7 Å². The SMILES string of the molecule is COc1cccc2c1C(=O)c1c(O)c3c(c(O)c1C2=O)C[C@@](O)(/C(C)=N/NC(=S)Nc1ccc(F)cc1)C[C@@H]3O[C@H]1C[C@H](N=[N+]=[N-])[C@H](O)[C@H](C)O1. The van der Waals surface area contributed by atoms with E-state index in [0.717, 1.165) is 0 Å². The van der Waals surface area contributed by atoms with E-state index in [1.54, 1.807) is 6.92 Å². The second-order valence-electron chi connectivity index (χ2n) is 12.5. The molecule has 1 aliphatic heterocycles. The molecule has 0 bridgehead atoms. The van der Waals surface area contributed by atoms with Gasteiger partial charge in [-0.05, 0) is 61.9 Å². The summed E-state index contributed by atoms with van der Waals surface area (Å²) >= 11 is 5.30. The Morgan fingerprint density at radius 2 is 1.82 bits per heavy atom. The van der Waals surface area contributed by atoms with Crippen LogP contribution in [0.25, 0.3) is 10.4 Å². The molecule has 1 fully saturated rings. The van der Waals surface area contributed by atoms with Crippen molar-refractivity contribution in [2.45, 2.75) is 69.4 Å². The van der Waals surface area contributed by atoms with Crippen molar-refractivity contribution in [2.24, 2.45) is 10.2 Å². The first-order chi connectivity index (χ1) is 24.3. The number of phenolic OH excluding ortho intramolecular Hbond substituents is 2. The fourth-order valence-corrected chi connectivity index (χ4v) is 6.88. The largest absolute Gasteiger partial charge is 0.507 e. The first-order valence-corrected chi connectivity index (χ1v) is 16.2. The number of hydrogen-bond donors (Lipinski definition) is 6. The van der Waals surface area contributed by atoms with Gasteiger partial charge in [0.2, 0.25) is 5.78 Å². The molecule has 0 spiro atoms. The molecule has 1 heterocycles. The topological polar surface area (TPSA) is 228 Å². The lowest BCUT2D eigenvalue weighted by Gasteiger charge is -2.42. The Kier molecular flexibility index (Phi) is 9.69. The van der Waals surface area contributed by atoms with Gasteiger partial charge in [-0.25, -0.2) is 4.39 Å². The lowest BCUT2D eigenvalue weighted by molar-refractivity contribution is -0.245. The third kappa shape index (κ3) is 6.46. The molecule has 2 aliphatic carbocycles. The molecule has 15 nitrogen and oxygen atoms in total. The fraction of sp³-hybridized carbons (Fsp3) is 0.353. The smallest absolute Gasteiger partial charge is 0.202 e. The van der Waals surface area contributed by atoms with Gasteiger partial charge in [0.05, 0.1) is 53.9 Å². The van der Waals surface area contributed by atoms with E-state index in [1.165, 1.54) is 56.5 Å². The van der Waals surface area contributed by atoms with Crippen molar-refractivity contribution in [2.75, 3.05) is 12.4 Å². The molecule has 3 aromatic rings. The summed E-state index contributed by atoms with van der Waals surface area (Å²) in [6.45, 7) is 3.03. The minimum atomic E-state index is -1.92. The molecule has 3 aliphatic rings. The standard InChI is InChI=1S/C34H33FN6O9S/c1-14-28(42)20(39-41-36)11-23(49-14)50-22-13-34(47,15(2)38-40-33(51)37-17-9-7-16(35)8-10-17)12-19-25(22)32(46)27-26(30(19)44)29(43)18-5-4-6-21(48-3)24(18)31(27)45/h4-10,14,20,22-23,28,42,44,46-47H,11-13H2,1-3H3,(H2,37,40,51)/b38-15+/t14-,20-,22-,23-,28+,34-/m0/s1. The number of aliphatic hydroxyl groups excluding tert-OH is 1. The molecule has 6 atom stereocenters. The molecule has 6 N–H and O–H groups in total. The second-order valence-corrected chi connectivity index (χ2v) is 12.9. The number of ether oxygens (including phenoxy) is 3. The number of ketones is 2. The normalized spacial score (nSPS) is 25.5. The number of anilines is 1. The van der Waals surface area contributed by atoms with Crippen molar-refractivity contribution in [3.8, 4) is 17.2 Å². The molecule has 51 heavy (non-hydrogen) atoms. The van der Waals surface area contributed by atoms with Gasteiger partial charge < -0.3 is 40.0 Å². The Morgan fingerprint density at radius 3 is 2.51 bits per heavy atom. The van der Waals surface area contributed by atoms with E-state index < -0.39 is 82.7 Å². The van der Waals surface area contributed by atoms with Gasteiger partial charge >= 0.3 is 0 Å². The van der Waals surface area contributed by atoms with Gasteiger partial charge in [-0.2, -0.15) is 5.10 Å². The Labute approximate surface area is 295 Å². The number of nitrogens with one attached hydrogen (secondary N) is 2. The third-order valence-electron chi connectivity index (χ3n) is 9.37. The van der Waals surface area contributed by atoms with Crippen LogP contribution in [0.4, 0.5) is 10.1 Å². The fourth-order valence-electron chi connectivity index (χ4n) is 6.72. The van der Waals surface area contributed by atoms with E-state index in [-0.39, 0.29) is 51.7 Å². The van der Waals surface area contributed by atoms with E-state index >= 15 is 0 Å². The van der Waals surface area contributed by atoms with Crippen LogP contribution in [0.5, 0.6) is 17.2 Å². The van der Waals surface area contributed by atoms with Crippen molar-refractivity contribution in [1.82, 2.24) is 5.43 Å². The summed E-state index contributed by atoms with van der Waals surface area (Å²) in [5, 5.41) is 57.0. The summed E-state index contributed by atoms with van der Waals surface area (Å²) in [7, 11) is 1.33. The number of nitrogens with zero attached hydrogens (tertiary/aromatic N) is 4. The highest BCUT2D eigenvalue weighted by Crippen LogP contribution is 2.52. The zero-order chi connectivity index (χ0) is 36.8. The maximum absolute atomic E-state index is 14.0. The van der Waals surface area contributed by atoms with Crippen LogP contribution in [-0.2, 0) is 15.9 Å². The van der Waals surface area contributed by atoms with Gasteiger partial charge in [-0.1, -0.05) is 17.2 Å². The lowest BCUT2D eigenvalue weighted by atomic mass is 9.72. The summed E-state index contributed by atoms with van der Waals surface area (Å²) in [6.07, 6.45) is -5.28. The van der Waals surface area contributed by atoms with Gasteiger partial charge in [0, 0.05) is 46.6 Å². The highest BCUT2D eigenvalue weighted by molar-refractivity contribution is 7.80. The Hall–Kier alpha value is -5.16. The number of aliphatic hydroxyl groups is 2. The molecule has 6 rings (SSSR count). The molecule has 266 valence electrons. The summed E-state index contributed by atoms with van der Waals surface area (Å²) in [5.74, 6) is -3.16. The van der Waals surface area contributed by atoms with Gasteiger partial charge in [-0.3, -0.25) is 15.0 Å². The van der Waals surface area contributed by atoms with Crippen LogP contribution in [0, 0.1) is 5.82 Å². The van der Waals surface area contributed by atoms with Gasteiger partial charge in [-0.15, -0.1) is 0 Å². The number of carbonyl (C=O) groups excluding carboxylic acids is 2. The van der Waals surface area contributed by atoms with Crippen LogP contribution in [0.1, 0.15) is 75.8 Å². The van der Waals surface area contributed by atoms with Crippen LogP contribution in [-0.4, -0.2) is 80.1 Å². The van der Waals surface area contributed by atoms with E-state index in [9.17, 15) is 34.4 Å². The number of rotatable bonds is 7. The summed E-state index contributed by atoms with van der Waals surface area (Å²) < 4.78 is 30.8. The number of carbonyl (C=O) groups is 2. The van der Waals surface area contributed by atoms with Crippen molar-refractivity contribution < 1.29 is 48.6 Å². The summed E-state index contributed by atoms with van der Waals surface area (Å²) in [6, 6.07) is 8.86. The maximum Gasteiger partial charge on any atom is 0.202 e. The zero-order valence-electron chi connectivity index (χ0n) is 27.5. The summed E-state index contributed by atoms with van der Waals surface area (Å²) in [4.78, 5) is 30.6. The van der Waals surface area contributed by atoms with Crippen molar-refractivity contribution in [3.63, 3.8) is 0 Å². The number of methoxy groups -OCH3 is 1. The van der Waals surface area contributed by atoms with Crippen molar-refractivity contribution in [3.05, 3.63) is 92.1 Å². The molecule has 0 amide bonds. The highest BCUT2D eigenvalue weighted by Gasteiger charge is 2.49. The van der Waals surface area contributed by atoms with Crippen LogP contribution in [0.2, 0.25) is 0 Å². The number of benzene rings is 3. The van der Waals surface area contributed by atoms with E-state index in [4.69, 9.17) is 32.0 Å². The molecule has 0 saturated carbocycles. The molecular formula is C34H33FN6O9S. The molecule has 3 aromatic carbocycles. The molecule has 17 heteroatoms. The van der Waals surface area contributed by atoms with Crippen LogP contribution < -0.4 is 15.5 Å². The van der Waals surface area contributed by atoms with Crippen LogP contribution >= 0.6 is 12.2 Å². The minimum absolute atomic E-state index is 0.00794. The Bertz CT molecular complexity index is 2020. The van der Waals surface area contributed by atoms with Crippen LogP contribution in [0.3, 0.4) is 0 Å². The number of halogens is 1. The Morgan fingerprint density at radius 1 is 1.12 bits per heavy atom. The van der Waals surface area contributed by atoms with Gasteiger partial charge in [0.15, 0.2) is 17.2 Å². The number of fused-ring (bicyclic) bond motifs is 3. The number of thiocarbonyl (C=S) groups is 1. The number of aromatic hydroxyl groups is 2. The van der Waals surface area contributed by atoms with Gasteiger partial charge in [0.1, 0.15) is 28.7 Å². The average molecular weight is 721 g/mol. The average Bonchev–Trinajstić information content (AvgIpc) is 3.10. The maximum atomic E-state index is 14.0. The van der Waals surface area contributed by atoms with Crippen molar-refractivity contribution in [1.29, 1.82) is 0 Å². The molecular weight excluding hydrogens is 687 g/mol. The van der Waals surface area contributed by atoms with E-state index in [2.05, 4.69) is 25.9 Å². The number of hydrazone groups is 1. The number of azide groups is 1. The molecule has 0 aromatic heterocycles. The zero-order valence-corrected chi connectivity index (χ0v) is 28.3. The van der Waals surface area contributed by atoms with E-state index in [0.29, 0.717) is 5.69 Å². The monoisotopic (exact) mass is 720 g/mol. The quantitative estimate of drug-likeness (QED) is 0.0299. The number of hydrogen-bond acceptors (Lipinski definition) is 12. The molecule has 0 radical (unpaired) electrons. The Balaban J connectivity index is 1.42. The first kappa shape index (κ1) is 35.7. The lowest BCUT2D eigenvalue weighted by Crippen LogP contribution is -2.49. The second kappa shape index (κ2) is 13.9. The molecule has 0 unspecified atom stereocenters. The predicted molar refractivity (Wildman–Crippen MR) is 183 cm³/mol. The summed E-state index contributed by atoms with van der Waals surface area (Å²) in [5.41, 5.74) is 9.08. The highest BCUT2D eigenvalue weighted by atomic mass is 32.1. The third-order valence-corrected chi connectivity index (χ3v) is 9.56.